The quantitative estimate of drug-likeness (QED) is 0.305. The molecule has 25 heavy (non-hydrogen) atoms. The van der Waals surface area contributed by atoms with E-state index in [4.69, 9.17) is 4.74 Å². The lowest BCUT2D eigenvalue weighted by Crippen LogP contribution is -2.08. The van der Waals surface area contributed by atoms with E-state index in [0.717, 1.165) is 15.2 Å². The number of aromatic nitrogens is 3. The van der Waals surface area contributed by atoms with Crippen molar-refractivity contribution in [2.24, 2.45) is 0 Å². The van der Waals surface area contributed by atoms with Gasteiger partial charge in [0.2, 0.25) is 0 Å². The average Bonchev–Trinajstić information content (AvgIpc) is 3.17. The predicted molar refractivity (Wildman–Crippen MR) is 98.7 cm³/mol. The highest BCUT2D eigenvalue weighted by Crippen LogP contribution is 2.30. The Hall–Kier alpha value is -2.19. The largest absolute Gasteiger partial charge is 0.461 e. The van der Waals surface area contributed by atoms with Crippen LogP contribution in [0.1, 0.15) is 39.0 Å². The molecular weight excluding hydrogens is 358 g/mol. The molecule has 0 amide bonds. The van der Waals surface area contributed by atoms with Crippen LogP contribution in [-0.2, 0) is 4.74 Å². The number of thioether (sulfide) groups is 1. The zero-order valence-electron chi connectivity index (χ0n) is 14.1. The van der Waals surface area contributed by atoms with Crippen LogP contribution in [-0.4, -0.2) is 39.1 Å². The van der Waals surface area contributed by atoms with Crippen LogP contribution < -0.4 is 0 Å². The Balaban J connectivity index is 1.80. The monoisotopic (exact) mass is 375 g/mol. The van der Waals surface area contributed by atoms with Crippen LogP contribution in [0.5, 0.6) is 0 Å². The number of carbonyl (C=O) groups excluding carboxylic acids is 2. The summed E-state index contributed by atoms with van der Waals surface area (Å²) in [7, 11) is 0. The number of nitrogens with one attached hydrogen (secondary N) is 1. The number of Topliss-reactive ketones (excluding diaryl/α,β-unsaturated/α-hetero) is 1. The van der Waals surface area contributed by atoms with Crippen LogP contribution >= 0.6 is 23.1 Å². The Morgan fingerprint density at radius 1 is 1.32 bits per heavy atom. The van der Waals surface area contributed by atoms with Crippen LogP contribution in [0.4, 0.5) is 0 Å². The molecule has 0 aliphatic rings. The Bertz CT molecular complexity index is 946. The number of aromatic amines is 1. The summed E-state index contributed by atoms with van der Waals surface area (Å²) in [6.07, 6.45) is 1.51. The summed E-state index contributed by atoms with van der Waals surface area (Å²) in [5.74, 6) is -0.243. The molecule has 0 bridgehead atoms. The van der Waals surface area contributed by atoms with Gasteiger partial charge in [-0.15, -0.1) is 11.3 Å². The number of esters is 1. The highest BCUT2D eigenvalue weighted by Gasteiger charge is 2.23. The summed E-state index contributed by atoms with van der Waals surface area (Å²) in [5.41, 5.74) is 3.08. The van der Waals surface area contributed by atoms with Gasteiger partial charge in [-0.2, -0.15) is 0 Å². The van der Waals surface area contributed by atoms with E-state index < -0.39 is 5.97 Å². The normalized spacial score (nSPS) is 11.0. The summed E-state index contributed by atoms with van der Waals surface area (Å²) in [6.45, 7) is 5.59. The molecule has 0 saturated carbocycles. The third-order valence-corrected chi connectivity index (χ3v) is 5.78. The molecule has 0 saturated heterocycles. The summed E-state index contributed by atoms with van der Waals surface area (Å²) >= 11 is 2.94. The van der Waals surface area contributed by atoms with Crippen molar-refractivity contribution in [2.75, 3.05) is 12.4 Å². The van der Waals surface area contributed by atoms with Crippen LogP contribution in [0, 0.1) is 13.8 Å². The van der Waals surface area contributed by atoms with Crippen molar-refractivity contribution >= 4 is 45.1 Å². The molecule has 6 nitrogen and oxygen atoms in total. The fourth-order valence-corrected chi connectivity index (χ4v) is 4.47. The minimum Gasteiger partial charge on any atom is -0.461 e. The van der Waals surface area contributed by atoms with E-state index in [1.807, 2.05) is 11.4 Å². The van der Waals surface area contributed by atoms with Gasteiger partial charge in [0.1, 0.15) is 17.0 Å². The van der Waals surface area contributed by atoms with Gasteiger partial charge in [-0.25, -0.2) is 14.8 Å². The van der Waals surface area contributed by atoms with Gasteiger partial charge in [0.25, 0.3) is 0 Å². The maximum absolute atomic E-state index is 12.7. The number of thiophene rings is 1. The summed E-state index contributed by atoms with van der Waals surface area (Å²) in [4.78, 5) is 36.1. The average molecular weight is 375 g/mol. The maximum Gasteiger partial charge on any atom is 0.355 e. The predicted octanol–water partition coefficient (Wildman–Crippen LogP) is 3.79. The summed E-state index contributed by atoms with van der Waals surface area (Å²) in [5, 5.41) is 2.75. The van der Waals surface area contributed by atoms with Gasteiger partial charge in [-0.1, -0.05) is 11.8 Å². The molecular formula is C17H17N3O3S2. The topological polar surface area (TPSA) is 84.9 Å². The molecule has 130 valence electrons. The van der Waals surface area contributed by atoms with E-state index in [9.17, 15) is 9.59 Å². The van der Waals surface area contributed by atoms with E-state index in [-0.39, 0.29) is 11.5 Å². The van der Waals surface area contributed by atoms with Crippen LogP contribution in [0.3, 0.4) is 0 Å². The minimum atomic E-state index is -0.439. The van der Waals surface area contributed by atoms with Crippen molar-refractivity contribution < 1.29 is 14.3 Å². The Kier molecular flexibility index (Phi) is 5.19. The molecule has 1 N–H and O–H groups in total. The molecule has 3 heterocycles. The van der Waals surface area contributed by atoms with Crippen molar-refractivity contribution in [1.29, 1.82) is 0 Å². The number of fused-ring (bicyclic) bond motifs is 1. The number of hydrogen-bond acceptors (Lipinski definition) is 7. The van der Waals surface area contributed by atoms with Crippen molar-refractivity contribution in [3.8, 4) is 0 Å². The number of H-pyrrole nitrogens is 1. The number of carbonyl (C=O) groups is 2. The molecule has 0 atom stereocenters. The molecule has 0 unspecified atom stereocenters. The lowest BCUT2D eigenvalue weighted by Gasteiger charge is -2.04. The smallest absolute Gasteiger partial charge is 0.355 e. The SMILES string of the molecule is CCOC(=O)c1[nH]c(C)c(C(=O)CSc2ncnc3ccsc23)c1C. The van der Waals surface area contributed by atoms with Crippen LogP contribution in [0.25, 0.3) is 10.2 Å². The fraction of sp³-hybridized carbons (Fsp3) is 0.294. The van der Waals surface area contributed by atoms with E-state index in [1.54, 1.807) is 32.1 Å². The van der Waals surface area contributed by atoms with E-state index in [1.165, 1.54) is 18.1 Å². The number of rotatable bonds is 6. The summed E-state index contributed by atoms with van der Waals surface area (Å²) < 4.78 is 6.00. The molecule has 0 aliphatic carbocycles. The van der Waals surface area contributed by atoms with E-state index in [2.05, 4.69) is 15.0 Å². The highest BCUT2D eigenvalue weighted by atomic mass is 32.2. The number of ketones is 1. The van der Waals surface area contributed by atoms with Gasteiger partial charge in [-0.05, 0) is 37.8 Å². The van der Waals surface area contributed by atoms with Crippen molar-refractivity contribution in [2.45, 2.75) is 25.8 Å². The lowest BCUT2D eigenvalue weighted by atomic mass is 10.1. The van der Waals surface area contributed by atoms with Gasteiger partial charge < -0.3 is 9.72 Å². The molecule has 0 fully saturated rings. The third kappa shape index (κ3) is 3.45. The maximum atomic E-state index is 12.7. The number of nitrogens with zero attached hydrogens (tertiary/aromatic N) is 2. The number of aryl methyl sites for hydroxylation is 1. The zero-order valence-corrected chi connectivity index (χ0v) is 15.7. The third-order valence-electron chi connectivity index (χ3n) is 3.75. The highest BCUT2D eigenvalue weighted by molar-refractivity contribution is 8.00. The standard InChI is InChI=1S/C17H17N3O3S2/c1-4-23-17(22)14-9(2)13(10(3)20-14)12(21)7-25-16-15-11(5-6-24-15)18-8-19-16/h5-6,8,20H,4,7H2,1-3H3. The first-order valence-corrected chi connectivity index (χ1v) is 9.60. The Labute approximate surface area is 153 Å². The first-order chi connectivity index (χ1) is 12.0. The first-order valence-electron chi connectivity index (χ1n) is 7.73. The second-order valence-electron chi connectivity index (χ2n) is 5.37. The van der Waals surface area contributed by atoms with Gasteiger partial charge in [0.05, 0.1) is 22.6 Å². The lowest BCUT2D eigenvalue weighted by molar-refractivity contribution is 0.0519. The van der Waals surface area contributed by atoms with Crippen molar-refractivity contribution in [3.05, 3.63) is 40.3 Å². The second-order valence-corrected chi connectivity index (χ2v) is 7.25. The zero-order chi connectivity index (χ0) is 18.0. The molecule has 3 rings (SSSR count). The fourth-order valence-electron chi connectivity index (χ4n) is 2.65. The van der Waals surface area contributed by atoms with Gasteiger partial charge in [0, 0.05) is 11.3 Å². The first kappa shape index (κ1) is 17.6. The van der Waals surface area contributed by atoms with Crippen LogP contribution in [0.15, 0.2) is 22.8 Å². The van der Waals surface area contributed by atoms with Gasteiger partial charge in [-0.3, -0.25) is 4.79 Å². The molecule has 8 heteroatoms. The van der Waals surface area contributed by atoms with Gasteiger partial charge in [0.15, 0.2) is 5.78 Å². The number of ether oxygens (including phenoxy) is 1. The van der Waals surface area contributed by atoms with Crippen LogP contribution in [0.2, 0.25) is 0 Å². The number of hydrogen-bond donors (Lipinski definition) is 1. The van der Waals surface area contributed by atoms with Crippen molar-refractivity contribution in [1.82, 2.24) is 15.0 Å². The molecule has 0 radical (unpaired) electrons. The van der Waals surface area contributed by atoms with Crippen molar-refractivity contribution in [3.63, 3.8) is 0 Å². The molecule has 3 aromatic heterocycles. The molecule has 0 aromatic carbocycles. The molecule has 3 aromatic rings. The Morgan fingerprint density at radius 2 is 2.12 bits per heavy atom. The van der Waals surface area contributed by atoms with Gasteiger partial charge >= 0.3 is 5.97 Å². The molecule has 0 aliphatic heterocycles. The second kappa shape index (κ2) is 7.37. The van der Waals surface area contributed by atoms with E-state index >= 15 is 0 Å². The Morgan fingerprint density at radius 3 is 2.88 bits per heavy atom. The van der Waals surface area contributed by atoms with E-state index in [0.29, 0.717) is 29.1 Å². The minimum absolute atomic E-state index is 0.0462. The summed E-state index contributed by atoms with van der Waals surface area (Å²) in [6, 6.07) is 1.93. The molecule has 0 spiro atoms.